The first-order chi connectivity index (χ1) is 12.0. The maximum Gasteiger partial charge on any atom is 0.160 e. The van der Waals surface area contributed by atoms with Crippen molar-refractivity contribution in [2.24, 2.45) is 0 Å². The number of hydrogen-bond acceptors (Lipinski definition) is 5. The molecule has 0 saturated heterocycles. The molecule has 0 atom stereocenters. The average Bonchev–Trinajstić information content (AvgIpc) is 3.09. The fraction of sp³-hybridized carbons (Fsp3) is 0.263. The first-order valence-corrected chi connectivity index (χ1v) is 8.04. The zero-order valence-electron chi connectivity index (χ0n) is 14.8. The number of benzene rings is 2. The van der Waals surface area contributed by atoms with Crippen molar-refractivity contribution in [1.82, 2.24) is 20.2 Å². The molecule has 0 aliphatic carbocycles. The van der Waals surface area contributed by atoms with Gasteiger partial charge in [-0.25, -0.2) is 4.68 Å². The normalized spacial score (nSPS) is 10.7. The predicted molar refractivity (Wildman–Crippen MR) is 94.1 cm³/mol. The third-order valence-electron chi connectivity index (χ3n) is 4.32. The van der Waals surface area contributed by atoms with Crippen molar-refractivity contribution in [3.05, 3.63) is 64.5 Å². The van der Waals surface area contributed by atoms with Gasteiger partial charge in [0.1, 0.15) is 18.7 Å². The molecule has 0 spiro atoms. The topological polar surface area (TPSA) is 69.9 Å². The maximum absolute atomic E-state index is 11.9. The van der Waals surface area contributed by atoms with E-state index in [1.165, 1.54) is 6.33 Å². The minimum absolute atomic E-state index is 0.0852. The molecule has 2 aromatic carbocycles. The molecule has 0 bridgehead atoms. The van der Waals surface area contributed by atoms with Gasteiger partial charge in [-0.15, -0.1) is 5.10 Å². The number of aryl methyl sites for hydroxylation is 2. The highest BCUT2D eigenvalue weighted by Crippen LogP contribution is 2.25. The van der Waals surface area contributed by atoms with E-state index in [1.54, 1.807) is 11.6 Å². The number of tetrazole rings is 1. The van der Waals surface area contributed by atoms with Crippen molar-refractivity contribution in [1.29, 1.82) is 0 Å². The second kappa shape index (κ2) is 6.84. The largest absolute Gasteiger partial charge is 0.489 e. The van der Waals surface area contributed by atoms with Crippen molar-refractivity contribution in [3.8, 4) is 11.4 Å². The second-order valence-corrected chi connectivity index (χ2v) is 6.08. The lowest BCUT2D eigenvalue weighted by molar-refractivity contribution is 0.101. The summed E-state index contributed by atoms with van der Waals surface area (Å²) in [6.07, 6.45) is 1.54. The average molecular weight is 336 g/mol. The van der Waals surface area contributed by atoms with Crippen molar-refractivity contribution in [3.63, 3.8) is 0 Å². The van der Waals surface area contributed by atoms with Crippen LogP contribution in [0.2, 0.25) is 0 Å². The standard InChI is InChI=1S/C19H20N4O2/c1-12-9-13(2)19(15(4)24)14(3)18(12)10-25-17-7-5-16(6-8-17)23-11-20-21-22-23/h5-9,11H,10H2,1-4H3. The molecule has 3 aromatic rings. The molecule has 0 fully saturated rings. The van der Waals surface area contributed by atoms with Crippen LogP contribution >= 0.6 is 0 Å². The first-order valence-electron chi connectivity index (χ1n) is 8.04. The Morgan fingerprint density at radius 3 is 2.44 bits per heavy atom. The molecular weight excluding hydrogens is 316 g/mol. The summed E-state index contributed by atoms with van der Waals surface area (Å²) >= 11 is 0. The Morgan fingerprint density at radius 2 is 1.84 bits per heavy atom. The van der Waals surface area contributed by atoms with Crippen LogP contribution in [0.1, 0.15) is 39.5 Å². The minimum Gasteiger partial charge on any atom is -0.489 e. The molecule has 1 aromatic heterocycles. The van der Waals surface area contributed by atoms with E-state index >= 15 is 0 Å². The molecule has 0 aliphatic rings. The summed E-state index contributed by atoms with van der Waals surface area (Å²) in [5.74, 6) is 0.836. The van der Waals surface area contributed by atoms with Gasteiger partial charge in [0.05, 0.1) is 5.69 Å². The number of ether oxygens (including phenoxy) is 1. The van der Waals surface area contributed by atoms with Gasteiger partial charge in [-0.1, -0.05) is 6.07 Å². The highest BCUT2D eigenvalue weighted by molar-refractivity contribution is 5.97. The van der Waals surface area contributed by atoms with Crippen LogP contribution < -0.4 is 4.74 Å². The molecule has 3 rings (SSSR count). The van der Waals surface area contributed by atoms with Gasteiger partial charge in [-0.3, -0.25) is 4.79 Å². The molecule has 6 heteroatoms. The van der Waals surface area contributed by atoms with Gasteiger partial charge >= 0.3 is 0 Å². The first kappa shape index (κ1) is 16.8. The highest BCUT2D eigenvalue weighted by Gasteiger charge is 2.14. The third-order valence-corrected chi connectivity index (χ3v) is 4.32. The van der Waals surface area contributed by atoms with Gasteiger partial charge in [-0.05, 0) is 84.6 Å². The number of hydrogen-bond donors (Lipinski definition) is 0. The zero-order valence-corrected chi connectivity index (χ0v) is 14.8. The molecular formula is C19H20N4O2. The monoisotopic (exact) mass is 336 g/mol. The van der Waals surface area contributed by atoms with Gasteiger partial charge in [0.25, 0.3) is 0 Å². The second-order valence-electron chi connectivity index (χ2n) is 6.08. The Labute approximate surface area is 146 Å². The summed E-state index contributed by atoms with van der Waals surface area (Å²) in [6, 6.07) is 9.58. The summed E-state index contributed by atoms with van der Waals surface area (Å²) in [6.45, 7) is 8.02. The molecule has 128 valence electrons. The Bertz CT molecular complexity index is 900. The molecule has 0 saturated carbocycles. The van der Waals surface area contributed by atoms with E-state index in [9.17, 15) is 4.79 Å². The number of Topliss-reactive ketones (excluding diaryl/α,β-unsaturated/α-hetero) is 1. The van der Waals surface area contributed by atoms with E-state index in [2.05, 4.69) is 15.5 Å². The summed E-state index contributed by atoms with van der Waals surface area (Å²) in [5.41, 5.74) is 5.84. The van der Waals surface area contributed by atoms with Crippen LogP contribution in [-0.2, 0) is 6.61 Å². The Morgan fingerprint density at radius 1 is 1.12 bits per heavy atom. The van der Waals surface area contributed by atoms with Gasteiger partial charge in [0.15, 0.2) is 5.78 Å². The van der Waals surface area contributed by atoms with Crippen LogP contribution in [0, 0.1) is 20.8 Å². The molecule has 0 radical (unpaired) electrons. The van der Waals surface area contributed by atoms with Crippen molar-refractivity contribution in [2.45, 2.75) is 34.3 Å². The zero-order chi connectivity index (χ0) is 18.0. The lowest BCUT2D eigenvalue weighted by Gasteiger charge is -2.16. The van der Waals surface area contributed by atoms with E-state index in [4.69, 9.17) is 4.74 Å². The summed E-state index contributed by atoms with van der Waals surface area (Å²) in [5, 5.41) is 11.1. The quantitative estimate of drug-likeness (QED) is 0.668. The van der Waals surface area contributed by atoms with Crippen LogP contribution in [0.15, 0.2) is 36.7 Å². The number of carbonyl (C=O) groups excluding carboxylic acids is 1. The Hall–Kier alpha value is -3.02. The predicted octanol–water partition coefficient (Wildman–Crippen LogP) is 3.37. The molecule has 1 heterocycles. The van der Waals surface area contributed by atoms with Gasteiger partial charge < -0.3 is 4.74 Å². The fourth-order valence-corrected chi connectivity index (χ4v) is 3.12. The fourth-order valence-electron chi connectivity index (χ4n) is 3.12. The van der Waals surface area contributed by atoms with Crippen molar-refractivity contribution in [2.75, 3.05) is 0 Å². The number of rotatable bonds is 5. The summed E-state index contributed by atoms with van der Waals surface area (Å²) in [7, 11) is 0. The smallest absolute Gasteiger partial charge is 0.160 e. The van der Waals surface area contributed by atoms with Crippen molar-refractivity contribution >= 4 is 5.78 Å². The van der Waals surface area contributed by atoms with Gasteiger partial charge in [-0.2, -0.15) is 0 Å². The van der Waals surface area contributed by atoms with E-state index in [0.717, 1.165) is 39.3 Å². The highest BCUT2D eigenvalue weighted by atomic mass is 16.5. The molecule has 0 amide bonds. The van der Waals surface area contributed by atoms with Crippen LogP contribution in [0.5, 0.6) is 5.75 Å². The lowest BCUT2D eigenvalue weighted by Crippen LogP contribution is -2.08. The van der Waals surface area contributed by atoms with E-state index in [0.29, 0.717) is 6.61 Å². The summed E-state index contributed by atoms with van der Waals surface area (Å²) < 4.78 is 7.51. The van der Waals surface area contributed by atoms with E-state index in [1.807, 2.05) is 51.1 Å². The minimum atomic E-state index is 0.0852. The molecule has 0 aliphatic heterocycles. The summed E-state index contributed by atoms with van der Waals surface area (Å²) in [4.78, 5) is 11.9. The molecule has 0 unspecified atom stereocenters. The van der Waals surface area contributed by atoms with Crippen LogP contribution in [0.25, 0.3) is 5.69 Å². The SMILES string of the molecule is CC(=O)c1c(C)cc(C)c(COc2ccc(-n3cnnn3)cc2)c1C. The van der Waals surface area contributed by atoms with Crippen LogP contribution in [-0.4, -0.2) is 26.0 Å². The lowest BCUT2D eigenvalue weighted by atomic mass is 9.92. The Balaban J connectivity index is 1.80. The van der Waals surface area contributed by atoms with Gasteiger partial charge in [0.2, 0.25) is 0 Å². The number of carbonyl (C=O) groups is 1. The van der Waals surface area contributed by atoms with Crippen LogP contribution in [0.4, 0.5) is 0 Å². The van der Waals surface area contributed by atoms with E-state index < -0.39 is 0 Å². The number of nitrogens with zero attached hydrogens (tertiary/aromatic N) is 4. The van der Waals surface area contributed by atoms with Crippen LogP contribution in [0.3, 0.4) is 0 Å². The molecule has 6 nitrogen and oxygen atoms in total. The number of ketones is 1. The number of aromatic nitrogens is 4. The van der Waals surface area contributed by atoms with E-state index in [-0.39, 0.29) is 5.78 Å². The van der Waals surface area contributed by atoms with Crippen molar-refractivity contribution < 1.29 is 9.53 Å². The third kappa shape index (κ3) is 3.42. The molecule has 0 N–H and O–H groups in total. The Kier molecular flexibility index (Phi) is 4.61. The molecule has 25 heavy (non-hydrogen) atoms. The maximum atomic E-state index is 11.9. The van der Waals surface area contributed by atoms with Gasteiger partial charge in [0, 0.05) is 5.56 Å².